The minimum absolute atomic E-state index is 0.0792. The second-order valence-electron chi connectivity index (χ2n) is 5.60. The predicted octanol–water partition coefficient (Wildman–Crippen LogP) is 2.09. The van der Waals surface area contributed by atoms with Crippen molar-refractivity contribution in [3.63, 3.8) is 0 Å². The molecule has 1 aromatic carbocycles. The Kier molecular flexibility index (Phi) is 3.27. The molecule has 1 N–H and O–H groups in total. The highest BCUT2D eigenvalue weighted by Gasteiger charge is 2.45. The summed E-state index contributed by atoms with van der Waals surface area (Å²) in [6, 6.07) is 6.24. The van der Waals surface area contributed by atoms with E-state index >= 15 is 0 Å². The van der Waals surface area contributed by atoms with Crippen LogP contribution in [0, 0.1) is 11.7 Å². The van der Waals surface area contributed by atoms with Gasteiger partial charge in [-0.3, -0.25) is 4.79 Å². The van der Waals surface area contributed by atoms with E-state index in [9.17, 15) is 14.3 Å². The minimum Gasteiger partial charge on any atom is -0.391 e. The van der Waals surface area contributed by atoms with E-state index in [1.54, 1.807) is 11.0 Å². The monoisotopic (exact) mass is 263 g/mol. The molecule has 3 atom stereocenters. The van der Waals surface area contributed by atoms with E-state index < -0.39 is 6.10 Å². The van der Waals surface area contributed by atoms with Gasteiger partial charge in [0.05, 0.1) is 12.1 Å². The summed E-state index contributed by atoms with van der Waals surface area (Å²) in [6.45, 7) is 0.398. The summed E-state index contributed by atoms with van der Waals surface area (Å²) in [5, 5.41) is 10.1. The van der Waals surface area contributed by atoms with E-state index in [1.165, 1.54) is 12.1 Å². The first-order chi connectivity index (χ1) is 9.15. The lowest BCUT2D eigenvalue weighted by atomic mass is 9.83. The highest BCUT2D eigenvalue weighted by molar-refractivity contribution is 5.79. The van der Waals surface area contributed by atoms with E-state index in [-0.39, 0.29) is 23.7 Å². The molecule has 0 spiro atoms. The van der Waals surface area contributed by atoms with Gasteiger partial charge < -0.3 is 10.0 Å². The molecule has 2 aliphatic rings. The predicted molar refractivity (Wildman–Crippen MR) is 68.7 cm³/mol. The Morgan fingerprint density at radius 2 is 2.21 bits per heavy atom. The van der Waals surface area contributed by atoms with Crippen molar-refractivity contribution >= 4 is 5.91 Å². The van der Waals surface area contributed by atoms with E-state index in [0.29, 0.717) is 13.0 Å². The lowest BCUT2D eigenvalue weighted by Gasteiger charge is -2.35. The van der Waals surface area contributed by atoms with Gasteiger partial charge in [0.1, 0.15) is 5.82 Å². The molecule has 1 amide bonds. The maximum Gasteiger partial charge on any atom is 0.223 e. The molecule has 2 fully saturated rings. The van der Waals surface area contributed by atoms with E-state index in [1.807, 2.05) is 6.07 Å². The molecule has 1 saturated heterocycles. The second kappa shape index (κ2) is 4.93. The normalized spacial score (nSPS) is 30.5. The van der Waals surface area contributed by atoms with Gasteiger partial charge in [-0.2, -0.15) is 0 Å². The third kappa shape index (κ3) is 2.37. The number of hydrogen-bond acceptors (Lipinski definition) is 2. The summed E-state index contributed by atoms with van der Waals surface area (Å²) in [7, 11) is 0. The van der Waals surface area contributed by atoms with E-state index in [4.69, 9.17) is 0 Å². The Hall–Kier alpha value is -1.42. The van der Waals surface area contributed by atoms with Crippen LogP contribution in [0.15, 0.2) is 24.3 Å². The van der Waals surface area contributed by atoms with Gasteiger partial charge in [-0.05, 0) is 36.5 Å². The van der Waals surface area contributed by atoms with Gasteiger partial charge in [-0.15, -0.1) is 0 Å². The molecular weight excluding hydrogens is 245 g/mol. The average molecular weight is 263 g/mol. The Labute approximate surface area is 112 Å². The zero-order valence-corrected chi connectivity index (χ0v) is 10.8. The Bertz CT molecular complexity index is 491. The van der Waals surface area contributed by atoms with Gasteiger partial charge in [-0.25, -0.2) is 4.39 Å². The van der Waals surface area contributed by atoms with Crippen molar-refractivity contribution in [3.05, 3.63) is 35.6 Å². The van der Waals surface area contributed by atoms with Crippen LogP contribution in [0.5, 0.6) is 0 Å². The number of carbonyl (C=O) groups excluding carboxylic acids is 1. The van der Waals surface area contributed by atoms with Gasteiger partial charge in [0, 0.05) is 13.0 Å². The molecule has 1 saturated carbocycles. The number of likely N-dealkylation sites (tertiary alicyclic amines) is 1. The van der Waals surface area contributed by atoms with Crippen molar-refractivity contribution in [1.82, 2.24) is 4.90 Å². The van der Waals surface area contributed by atoms with Crippen molar-refractivity contribution in [1.29, 1.82) is 0 Å². The lowest BCUT2D eigenvalue weighted by Crippen LogP contribution is -2.45. The van der Waals surface area contributed by atoms with Crippen LogP contribution in [0.2, 0.25) is 0 Å². The number of amides is 1. The lowest BCUT2D eigenvalue weighted by molar-refractivity contribution is -0.131. The zero-order chi connectivity index (χ0) is 13.4. The van der Waals surface area contributed by atoms with Crippen molar-refractivity contribution in [2.75, 3.05) is 0 Å². The largest absolute Gasteiger partial charge is 0.391 e. The Morgan fingerprint density at radius 1 is 1.37 bits per heavy atom. The van der Waals surface area contributed by atoms with Gasteiger partial charge in [-0.1, -0.05) is 18.6 Å². The van der Waals surface area contributed by atoms with Crippen molar-refractivity contribution in [2.24, 2.45) is 5.92 Å². The molecule has 1 aromatic rings. The highest BCUT2D eigenvalue weighted by Crippen LogP contribution is 2.37. The second-order valence-corrected chi connectivity index (χ2v) is 5.60. The molecule has 1 aliphatic heterocycles. The van der Waals surface area contributed by atoms with Crippen molar-refractivity contribution in [3.8, 4) is 0 Å². The van der Waals surface area contributed by atoms with Gasteiger partial charge >= 0.3 is 0 Å². The summed E-state index contributed by atoms with van der Waals surface area (Å²) in [6.07, 6.45) is 2.85. The number of fused-ring (bicyclic) bond motifs is 1. The molecule has 4 heteroatoms. The van der Waals surface area contributed by atoms with Gasteiger partial charge in [0.15, 0.2) is 0 Å². The van der Waals surface area contributed by atoms with Crippen LogP contribution in [0.25, 0.3) is 0 Å². The van der Waals surface area contributed by atoms with E-state index in [2.05, 4.69) is 0 Å². The molecule has 0 radical (unpaired) electrons. The number of carbonyl (C=O) groups is 1. The van der Waals surface area contributed by atoms with Crippen LogP contribution in [0.1, 0.15) is 31.2 Å². The third-order valence-electron chi connectivity index (χ3n) is 4.31. The fourth-order valence-corrected chi connectivity index (χ4v) is 3.46. The highest BCUT2D eigenvalue weighted by atomic mass is 19.1. The number of nitrogens with zero attached hydrogens (tertiary/aromatic N) is 1. The van der Waals surface area contributed by atoms with Crippen LogP contribution >= 0.6 is 0 Å². The van der Waals surface area contributed by atoms with Crippen LogP contribution < -0.4 is 0 Å². The molecular formula is C15H18FNO2. The Morgan fingerprint density at radius 3 is 3.00 bits per heavy atom. The number of rotatable bonds is 2. The number of aliphatic hydroxyl groups excluding tert-OH is 1. The molecule has 3 rings (SSSR count). The summed E-state index contributed by atoms with van der Waals surface area (Å²) in [4.78, 5) is 13.8. The SMILES string of the molecule is O=C1C[C@@H]2CCCC(O)[C@@H]2N1Cc1cccc(F)c1. The molecule has 19 heavy (non-hydrogen) atoms. The Balaban J connectivity index is 1.81. The quantitative estimate of drug-likeness (QED) is 0.887. The average Bonchev–Trinajstić information content (AvgIpc) is 2.67. The van der Waals surface area contributed by atoms with Crippen LogP contribution in [-0.4, -0.2) is 28.1 Å². The smallest absolute Gasteiger partial charge is 0.223 e. The topological polar surface area (TPSA) is 40.5 Å². The first-order valence-corrected chi connectivity index (χ1v) is 6.87. The molecule has 3 nitrogen and oxygen atoms in total. The summed E-state index contributed by atoms with van der Waals surface area (Å²) < 4.78 is 13.2. The number of aliphatic hydroxyl groups is 1. The summed E-state index contributed by atoms with van der Waals surface area (Å²) >= 11 is 0. The standard InChI is InChI=1S/C15H18FNO2/c16-12-5-1-3-10(7-12)9-17-14(19)8-11-4-2-6-13(18)15(11)17/h1,3,5,7,11,13,15,18H,2,4,6,8-9H2/t11-,13?,15+/m0/s1. The van der Waals surface area contributed by atoms with Gasteiger partial charge in [0.2, 0.25) is 5.91 Å². The van der Waals surface area contributed by atoms with Crippen molar-refractivity contribution in [2.45, 2.75) is 44.4 Å². The van der Waals surface area contributed by atoms with Crippen LogP contribution in [-0.2, 0) is 11.3 Å². The number of hydrogen-bond donors (Lipinski definition) is 1. The summed E-state index contributed by atoms with van der Waals surface area (Å²) in [5.74, 6) is 0.0647. The maximum absolute atomic E-state index is 13.2. The van der Waals surface area contributed by atoms with E-state index in [0.717, 1.165) is 24.8 Å². The maximum atomic E-state index is 13.2. The third-order valence-corrected chi connectivity index (χ3v) is 4.31. The number of benzene rings is 1. The van der Waals surface area contributed by atoms with Crippen LogP contribution in [0.3, 0.4) is 0 Å². The molecule has 1 aliphatic carbocycles. The van der Waals surface area contributed by atoms with Gasteiger partial charge in [0.25, 0.3) is 0 Å². The fourth-order valence-electron chi connectivity index (χ4n) is 3.46. The van der Waals surface area contributed by atoms with Crippen LogP contribution in [0.4, 0.5) is 4.39 Å². The number of halogens is 1. The molecule has 1 heterocycles. The molecule has 0 bridgehead atoms. The molecule has 102 valence electrons. The fraction of sp³-hybridized carbons (Fsp3) is 0.533. The molecule has 1 unspecified atom stereocenters. The summed E-state index contributed by atoms with van der Waals surface area (Å²) in [5.41, 5.74) is 0.784. The molecule has 0 aromatic heterocycles. The minimum atomic E-state index is -0.432. The zero-order valence-electron chi connectivity index (χ0n) is 10.8. The first kappa shape index (κ1) is 12.6. The first-order valence-electron chi connectivity index (χ1n) is 6.87. The van der Waals surface area contributed by atoms with Crippen molar-refractivity contribution < 1.29 is 14.3 Å².